The number of non-ortho nitro benzene ring substituents is 1. The Hall–Kier alpha value is -4.16. The predicted molar refractivity (Wildman–Crippen MR) is 96.6 cm³/mol. The Kier molecular flexibility index (Phi) is 5.06. The fraction of sp³-hybridized carbons (Fsp3) is 0.200. The van der Waals surface area contributed by atoms with E-state index < -0.39 is 10.8 Å². The summed E-state index contributed by atoms with van der Waals surface area (Å²) in [7, 11) is 0. The van der Waals surface area contributed by atoms with Crippen LogP contribution in [0.1, 0.15) is 30.8 Å². The molecular weight excluding hydrogens is 370 g/mol. The molecule has 0 aliphatic carbocycles. The first-order chi connectivity index (χ1) is 13.4. The van der Waals surface area contributed by atoms with Gasteiger partial charge in [0.05, 0.1) is 4.92 Å². The molecule has 0 saturated heterocycles. The molecule has 0 aliphatic rings. The fourth-order valence-electron chi connectivity index (χ4n) is 2.22. The van der Waals surface area contributed by atoms with Gasteiger partial charge in [-0.05, 0) is 23.7 Å². The van der Waals surface area contributed by atoms with E-state index >= 15 is 0 Å². The molecule has 3 N–H and O–H groups in total. The molecule has 3 rings (SSSR count). The Labute approximate surface area is 157 Å². The van der Waals surface area contributed by atoms with E-state index in [-0.39, 0.29) is 28.7 Å². The van der Waals surface area contributed by atoms with Crippen molar-refractivity contribution in [2.24, 2.45) is 5.10 Å². The predicted octanol–water partition coefficient (Wildman–Crippen LogP) is 1.32. The average molecular weight is 385 g/mol. The highest BCUT2D eigenvalue weighted by Crippen LogP contribution is 2.28. The molecule has 3 aromatic rings. The number of nitro groups is 1. The molecule has 144 valence electrons. The van der Waals surface area contributed by atoms with Crippen molar-refractivity contribution in [3.05, 3.63) is 40.1 Å². The molecule has 1 amide bonds. The molecule has 0 saturated carbocycles. The number of anilines is 1. The van der Waals surface area contributed by atoms with E-state index in [0.717, 1.165) is 4.68 Å². The van der Waals surface area contributed by atoms with Gasteiger partial charge in [0.2, 0.25) is 11.6 Å². The second-order valence-electron chi connectivity index (χ2n) is 5.62. The number of aromatic nitrogens is 5. The second-order valence-corrected chi connectivity index (χ2v) is 5.62. The molecule has 13 nitrogen and oxygen atoms in total. The lowest BCUT2D eigenvalue weighted by Crippen LogP contribution is -2.20. The maximum absolute atomic E-state index is 12.6. The molecule has 28 heavy (non-hydrogen) atoms. The van der Waals surface area contributed by atoms with Gasteiger partial charge >= 0.3 is 0 Å². The summed E-state index contributed by atoms with van der Waals surface area (Å²) >= 11 is 0. The third-order valence-corrected chi connectivity index (χ3v) is 3.77. The van der Waals surface area contributed by atoms with Gasteiger partial charge in [-0.25, -0.2) is 10.1 Å². The topological polar surface area (TPSA) is 180 Å². The minimum atomic E-state index is -0.657. The van der Waals surface area contributed by atoms with Crippen molar-refractivity contribution in [2.75, 3.05) is 5.73 Å². The Balaban J connectivity index is 2.15. The van der Waals surface area contributed by atoms with Gasteiger partial charge in [-0.3, -0.25) is 14.9 Å². The van der Waals surface area contributed by atoms with Crippen molar-refractivity contribution in [1.29, 1.82) is 0 Å². The number of amides is 1. The first kappa shape index (κ1) is 18.6. The minimum Gasteiger partial charge on any atom is -0.378 e. The van der Waals surface area contributed by atoms with Crippen LogP contribution in [0.2, 0.25) is 0 Å². The Morgan fingerprint density at radius 3 is 2.86 bits per heavy atom. The molecule has 0 bridgehead atoms. The Morgan fingerprint density at radius 1 is 1.43 bits per heavy atom. The van der Waals surface area contributed by atoms with Crippen molar-refractivity contribution in [3.8, 4) is 17.1 Å². The number of hydrogen-bond acceptors (Lipinski definition) is 10. The number of hydrazone groups is 1. The van der Waals surface area contributed by atoms with Crippen LogP contribution in [0, 0.1) is 10.1 Å². The van der Waals surface area contributed by atoms with Crippen LogP contribution in [0.3, 0.4) is 0 Å². The van der Waals surface area contributed by atoms with E-state index in [1.165, 1.54) is 18.2 Å². The van der Waals surface area contributed by atoms with E-state index in [2.05, 4.69) is 35.8 Å². The highest BCUT2D eigenvalue weighted by Gasteiger charge is 2.26. The van der Waals surface area contributed by atoms with Crippen LogP contribution in [0.15, 0.2) is 34.0 Å². The molecule has 2 aromatic heterocycles. The van der Waals surface area contributed by atoms with E-state index in [1.807, 2.05) is 6.92 Å². The zero-order valence-electron chi connectivity index (χ0n) is 14.9. The summed E-state index contributed by atoms with van der Waals surface area (Å²) in [6, 6.07) is 5.62. The van der Waals surface area contributed by atoms with Crippen LogP contribution < -0.4 is 11.2 Å². The van der Waals surface area contributed by atoms with Crippen molar-refractivity contribution in [1.82, 2.24) is 30.7 Å². The molecule has 0 fully saturated rings. The van der Waals surface area contributed by atoms with E-state index in [0.29, 0.717) is 17.7 Å². The molecule has 0 spiro atoms. The standard InChI is InChI=1S/C15H15N9O4/c1-3-8(2)17-19-15(25)11-12(9-5-4-6-10(7-9)24(26)27)23(22-18-11)14-13(16)20-28-21-14/h4-7H,3H2,1-2H3,(H2,16,20)(H,19,25)/b17-8+. The number of nitrogens with two attached hydrogens (primary N) is 1. The van der Waals surface area contributed by atoms with Crippen LogP contribution >= 0.6 is 0 Å². The highest BCUT2D eigenvalue weighted by molar-refractivity contribution is 5.99. The number of rotatable bonds is 6. The van der Waals surface area contributed by atoms with Gasteiger partial charge in [-0.2, -0.15) is 9.78 Å². The smallest absolute Gasteiger partial charge is 0.294 e. The minimum absolute atomic E-state index is 0.0127. The molecule has 0 radical (unpaired) electrons. The SMILES string of the molecule is CC/C(C)=N/NC(=O)c1nnn(-c2nonc2N)c1-c1cccc([N+](=O)[O-])c1. The van der Waals surface area contributed by atoms with Crippen molar-refractivity contribution in [3.63, 3.8) is 0 Å². The second kappa shape index (κ2) is 7.61. The van der Waals surface area contributed by atoms with Gasteiger partial charge in [-0.15, -0.1) is 5.10 Å². The number of hydrogen-bond donors (Lipinski definition) is 2. The maximum atomic E-state index is 12.6. The summed E-state index contributed by atoms with van der Waals surface area (Å²) in [6.07, 6.45) is 0.645. The zero-order chi connectivity index (χ0) is 20.3. The third kappa shape index (κ3) is 3.53. The third-order valence-electron chi connectivity index (χ3n) is 3.77. The molecule has 0 atom stereocenters. The molecule has 13 heteroatoms. The molecular formula is C15H15N9O4. The van der Waals surface area contributed by atoms with Crippen LogP contribution in [0.4, 0.5) is 11.5 Å². The summed E-state index contributed by atoms with van der Waals surface area (Å²) in [5.41, 5.74) is 8.89. The number of nitro benzene ring substituents is 1. The lowest BCUT2D eigenvalue weighted by Gasteiger charge is -2.06. The summed E-state index contributed by atoms with van der Waals surface area (Å²) in [5, 5.41) is 29.9. The molecule has 2 heterocycles. The first-order valence-electron chi connectivity index (χ1n) is 8.04. The van der Waals surface area contributed by atoms with Gasteiger partial charge in [0.1, 0.15) is 5.69 Å². The Morgan fingerprint density at radius 2 is 2.21 bits per heavy atom. The van der Waals surface area contributed by atoms with Gasteiger partial charge in [0, 0.05) is 23.4 Å². The number of benzene rings is 1. The first-order valence-corrected chi connectivity index (χ1v) is 8.04. The van der Waals surface area contributed by atoms with Crippen LogP contribution in [-0.4, -0.2) is 41.8 Å². The largest absolute Gasteiger partial charge is 0.378 e. The summed E-state index contributed by atoms with van der Waals surface area (Å²) in [5.74, 6) is -0.764. The normalized spacial score (nSPS) is 11.4. The van der Waals surface area contributed by atoms with Gasteiger partial charge in [0.15, 0.2) is 5.69 Å². The summed E-state index contributed by atoms with van der Waals surface area (Å²) in [4.78, 5) is 23.2. The Bertz CT molecular complexity index is 1070. The summed E-state index contributed by atoms with van der Waals surface area (Å²) < 4.78 is 5.69. The van der Waals surface area contributed by atoms with Crippen molar-refractivity contribution < 1.29 is 14.3 Å². The van der Waals surface area contributed by atoms with Gasteiger partial charge < -0.3 is 5.73 Å². The van der Waals surface area contributed by atoms with Crippen LogP contribution in [-0.2, 0) is 0 Å². The number of carbonyl (C=O) groups is 1. The molecule has 1 aromatic carbocycles. The van der Waals surface area contributed by atoms with Crippen molar-refractivity contribution >= 4 is 23.1 Å². The van der Waals surface area contributed by atoms with E-state index in [4.69, 9.17) is 5.73 Å². The van der Waals surface area contributed by atoms with Crippen molar-refractivity contribution in [2.45, 2.75) is 20.3 Å². The molecule has 0 aliphatic heterocycles. The quantitative estimate of drug-likeness (QED) is 0.359. The number of nitrogen functional groups attached to an aromatic ring is 1. The van der Waals surface area contributed by atoms with Crippen LogP contribution in [0.5, 0.6) is 0 Å². The maximum Gasteiger partial charge on any atom is 0.294 e. The van der Waals surface area contributed by atoms with Crippen LogP contribution in [0.25, 0.3) is 17.1 Å². The average Bonchev–Trinajstić information content (AvgIpc) is 3.31. The monoisotopic (exact) mass is 385 g/mol. The number of carbonyl (C=O) groups excluding carboxylic acids is 1. The van der Waals surface area contributed by atoms with Gasteiger partial charge in [-0.1, -0.05) is 24.3 Å². The van der Waals surface area contributed by atoms with E-state index in [1.54, 1.807) is 13.0 Å². The number of nitrogens with one attached hydrogen (secondary N) is 1. The summed E-state index contributed by atoms with van der Waals surface area (Å²) in [6.45, 7) is 3.64. The van der Waals surface area contributed by atoms with Gasteiger partial charge in [0.25, 0.3) is 11.6 Å². The number of nitrogens with zero attached hydrogens (tertiary/aromatic N) is 7. The van der Waals surface area contributed by atoms with E-state index in [9.17, 15) is 14.9 Å². The highest BCUT2D eigenvalue weighted by atomic mass is 16.6. The molecule has 0 unspecified atom stereocenters. The lowest BCUT2D eigenvalue weighted by atomic mass is 10.1. The fourth-order valence-corrected chi connectivity index (χ4v) is 2.22. The zero-order valence-corrected chi connectivity index (χ0v) is 14.9. The lowest BCUT2D eigenvalue weighted by molar-refractivity contribution is -0.384.